The van der Waals surface area contributed by atoms with Crippen molar-refractivity contribution >= 4 is 22.6 Å². The van der Waals surface area contributed by atoms with Gasteiger partial charge >= 0.3 is 0 Å². The molecule has 0 fully saturated rings. The Hall–Kier alpha value is -0.960. The van der Waals surface area contributed by atoms with Crippen molar-refractivity contribution < 1.29 is 0 Å². The third kappa shape index (κ3) is 2.72. The lowest BCUT2D eigenvalue weighted by molar-refractivity contribution is 0.456. The van der Waals surface area contributed by atoms with Crippen LogP contribution in [0.25, 0.3) is 0 Å². The van der Waals surface area contributed by atoms with Gasteiger partial charge in [0.1, 0.15) is 0 Å². The summed E-state index contributed by atoms with van der Waals surface area (Å²) >= 11 is 1.85. The molecule has 0 atom stereocenters. The number of aryl methyl sites for hydroxylation is 1. The van der Waals surface area contributed by atoms with E-state index in [4.69, 9.17) is 4.99 Å². The van der Waals surface area contributed by atoms with Crippen LogP contribution >= 0.6 is 11.8 Å². The minimum atomic E-state index is 0.161. The summed E-state index contributed by atoms with van der Waals surface area (Å²) in [6.45, 7) is 6.65. The highest BCUT2D eigenvalue weighted by Crippen LogP contribution is 2.34. The Labute approximate surface area is 114 Å². The van der Waals surface area contributed by atoms with E-state index >= 15 is 0 Å². The third-order valence-corrected chi connectivity index (χ3v) is 4.92. The minimum absolute atomic E-state index is 0.161. The number of aliphatic imine (C=N–C) groups is 1. The lowest BCUT2D eigenvalue weighted by Crippen LogP contribution is -2.24. The van der Waals surface area contributed by atoms with Gasteiger partial charge in [-0.3, -0.25) is 4.99 Å². The van der Waals surface area contributed by atoms with E-state index in [1.54, 1.807) is 0 Å². The van der Waals surface area contributed by atoms with E-state index in [1.807, 2.05) is 11.8 Å². The quantitative estimate of drug-likeness (QED) is 0.873. The van der Waals surface area contributed by atoms with Crippen molar-refractivity contribution in [3.63, 3.8) is 0 Å². The van der Waals surface area contributed by atoms with Crippen LogP contribution in [0.1, 0.15) is 39.2 Å². The van der Waals surface area contributed by atoms with E-state index in [2.05, 4.69) is 50.4 Å². The number of anilines is 1. The summed E-state index contributed by atoms with van der Waals surface area (Å²) in [4.78, 5) is 4.90. The first-order valence-corrected chi connectivity index (χ1v) is 7.79. The topological polar surface area (TPSA) is 24.4 Å². The van der Waals surface area contributed by atoms with Gasteiger partial charge in [-0.15, -0.1) is 0 Å². The molecule has 0 saturated heterocycles. The molecule has 1 aliphatic heterocycles. The average Bonchev–Trinajstić information content (AvgIpc) is 2.83. The Morgan fingerprint density at radius 2 is 1.94 bits per heavy atom. The molecule has 0 unspecified atom stereocenters. The standard InChI is InChI=1S/C15H22N2S/c1-4-12-9-7-8-10-13(12)16-14-17-15(5-2,6-3)11-18-14/h7-10H,4-6,11H2,1-3H3,(H,16,17). The molecular weight excluding hydrogens is 240 g/mol. The predicted octanol–water partition coefficient (Wildman–Crippen LogP) is 4.32. The van der Waals surface area contributed by atoms with Crippen molar-refractivity contribution in [2.75, 3.05) is 11.1 Å². The second-order valence-corrected chi connectivity index (χ2v) is 5.74. The van der Waals surface area contributed by atoms with Gasteiger partial charge in [0.05, 0.1) is 5.54 Å². The zero-order valence-corrected chi connectivity index (χ0v) is 12.3. The molecule has 1 N–H and O–H groups in total. The molecule has 0 aromatic heterocycles. The maximum absolute atomic E-state index is 4.90. The van der Waals surface area contributed by atoms with Crippen molar-refractivity contribution in [2.24, 2.45) is 4.99 Å². The lowest BCUT2D eigenvalue weighted by atomic mass is 9.97. The summed E-state index contributed by atoms with van der Waals surface area (Å²) in [6, 6.07) is 8.49. The van der Waals surface area contributed by atoms with Gasteiger partial charge in [-0.1, -0.05) is 50.7 Å². The first-order chi connectivity index (χ1) is 8.73. The van der Waals surface area contributed by atoms with E-state index < -0.39 is 0 Å². The lowest BCUT2D eigenvalue weighted by Gasteiger charge is -2.20. The van der Waals surface area contributed by atoms with Gasteiger partial charge in [-0.05, 0) is 30.9 Å². The van der Waals surface area contributed by atoms with Gasteiger partial charge in [-0.25, -0.2) is 0 Å². The van der Waals surface area contributed by atoms with Crippen LogP contribution in [0.15, 0.2) is 29.3 Å². The summed E-state index contributed by atoms with van der Waals surface area (Å²) in [5.41, 5.74) is 2.72. The fourth-order valence-electron chi connectivity index (χ4n) is 2.22. The maximum atomic E-state index is 4.90. The molecule has 0 aliphatic carbocycles. The number of para-hydroxylation sites is 1. The van der Waals surface area contributed by atoms with E-state index in [1.165, 1.54) is 11.3 Å². The number of amidine groups is 1. The average molecular weight is 262 g/mol. The molecule has 3 heteroatoms. The van der Waals surface area contributed by atoms with Crippen LogP contribution in [0.5, 0.6) is 0 Å². The highest BCUT2D eigenvalue weighted by Gasteiger charge is 2.32. The number of hydrogen-bond donors (Lipinski definition) is 1. The van der Waals surface area contributed by atoms with Gasteiger partial charge < -0.3 is 5.32 Å². The molecule has 0 spiro atoms. The zero-order valence-electron chi connectivity index (χ0n) is 11.5. The van der Waals surface area contributed by atoms with Crippen LogP contribution in [0.2, 0.25) is 0 Å². The monoisotopic (exact) mass is 262 g/mol. The van der Waals surface area contributed by atoms with Gasteiger partial charge in [0, 0.05) is 11.4 Å². The van der Waals surface area contributed by atoms with Crippen LogP contribution in [0.3, 0.4) is 0 Å². The summed E-state index contributed by atoms with van der Waals surface area (Å²) in [5, 5.41) is 4.58. The third-order valence-electron chi connectivity index (χ3n) is 3.77. The molecule has 1 heterocycles. The molecule has 2 nitrogen and oxygen atoms in total. The molecule has 98 valence electrons. The van der Waals surface area contributed by atoms with Crippen molar-refractivity contribution in [3.8, 4) is 0 Å². The van der Waals surface area contributed by atoms with E-state index in [-0.39, 0.29) is 5.54 Å². The first kappa shape index (κ1) is 13.5. The second kappa shape index (κ2) is 5.79. The van der Waals surface area contributed by atoms with Crippen LogP contribution in [0.4, 0.5) is 5.69 Å². The Balaban J connectivity index is 2.15. The van der Waals surface area contributed by atoms with Crippen molar-refractivity contribution in [1.82, 2.24) is 0 Å². The molecular formula is C15H22N2S. The molecule has 0 radical (unpaired) electrons. The molecule has 0 amide bonds. The normalized spacial score (nSPS) is 17.6. The summed E-state index contributed by atoms with van der Waals surface area (Å²) < 4.78 is 0. The van der Waals surface area contributed by atoms with Gasteiger partial charge in [0.25, 0.3) is 0 Å². The number of benzene rings is 1. The number of nitrogens with zero attached hydrogens (tertiary/aromatic N) is 1. The summed E-state index contributed by atoms with van der Waals surface area (Å²) in [6.07, 6.45) is 3.29. The highest BCUT2D eigenvalue weighted by atomic mass is 32.2. The highest BCUT2D eigenvalue weighted by molar-refractivity contribution is 8.14. The van der Waals surface area contributed by atoms with Gasteiger partial charge in [-0.2, -0.15) is 0 Å². The molecule has 2 rings (SSSR count). The Morgan fingerprint density at radius 3 is 2.56 bits per heavy atom. The molecule has 1 aromatic rings. The summed E-state index contributed by atoms with van der Waals surface area (Å²) in [5.74, 6) is 1.11. The Kier molecular flexibility index (Phi) is 4.33. The molecule has 18 heavy (non-hydrogen) atoms. The number of thioether (sulfide) groups is 1. The SMILES string of the molecule is CCc1ccccc1NC1=NC(CC)(CC)CS1. The van der Waals surface area contributed by atoms with Crippen LogP contribution < -0.4 is 5.32 Å². The number of hydrogen-bond acceptors (Lipinski definition) is 3. The fourth-order valence-corrected chi connectivity index (χ4v) is 3.54. The molecule has 0 saturated carbocycles. The van der Waals surface area contributed by atoms with Crippen LogP contribution in [0, 0.1) is 0 Å². The van der Waals surface area contributed by atoms with Crippen LogP contribution in [-0.4, -0.2) is 16.5 Å². The smallest absolute Gasteiger partial charge is 0.161 e. The maximum Gasteiger partial charge on any atom is 0.161 e. The molecule has 1 aromatic carbocycles. The van der Waals surface area contributed by atoms with E-state index in [9.17, 15) is 0 Å². The van der Waals surface area contributed by atoms with E-state index in [0.717, 1.165) is 30.2 Å². The largest absolute Gasteiger partial charge is 0.335 e. The van der Waals surface area contributed by atoms with Crippen molar-refractivity contribution in [1.29, 1.82) is 0 Å². The van der Waals surface area contributed by atoms with Crippen LogP contribution in [-0.2, 0) is 6.42 Å². The fraction of sp³-hybridized carbons (Fsp3) is 0.533. The van der Waals surface area contributed by atoms with Crippen molar-refractivity contribution in [2.45, 2.75) is 45.6 Å². The van der Waals surface area contributed by atoms with Gasteiger partial charge in [0.15, 0.2) is 5.17 Å². The second-order valence-electron chi connectivity index (χ2n) is 4.77. The molecule has 0 bridgehead atoms. The van der Waals surface area contributed by atoms with E-state index in [0.29, 0.717) is 0 Å². The first-order valence-electron chi connectivity index (χ1n) is 6.80. The molecule has 1 aliphatic rings. The van der Waals surface area contributed by atoms with Gasteiger partial charge in [0.2, 0.25) is 0 Å². The predicted molar refractivity (Wildman–Crippen MR) is 82.6 cm³/mol. The number of nitrogens with one attached hydrogen (secondary N) is 1. The Bertz CT molecular complexity index is 436. The minimum Gasteiger partial charge on any atom is -0.335 e. The number of rotatable bonds is 4. The summed E-state index contributed by atoms with van der Waals surface area (Å²) in [7, 11) is 0. The Morgan fingerprint density at radius 1 is 1.22 bits per heavy atom. The van der Waals surface area contributed by atoms with Crippen molar-refractivity contribution in [3.05, 3.63) is 29.8 Å². The zero-order chi connectivity index (χ0) is 13.0.